The van der Waals surface area contributed by atoms with Crippen LogP contribution in [0.15, 0.2) is 18.2 Å². The molecule has 0 saturated carbocycles. The van der Waals surface area contributed by atoms with Crippen LogP contribution >= 0.6 is 11.6 Å². The van der Waals surface area contributed by atoms with Crippen molar-refractivity contribution in [1.29, 1.82) is 0 Å². The van der Waals surface area contributed by atoms with Gasteiger partial charge in [-0.1, -0.05) is 17.7 Å². The van der Waals surface area contributed by atoms with Gasteiger partial charge in [0.1, 0.15) is 5.56 Å². The molecule has 1 N–H and O–H groups in total. The zero-order valence-corrected chi connectivity index (χ0v) is 9.62. The average Bonchev–Trinajstić information content (AvgIpc) is 2.15. The van der Waals surface area contributed by atoms with Crippen molar-refractivity contribution in [3.63, 3.8) is 0 Å². The van der Waals surface area contributed by atoms with Crippen LogP contribution in [0.1, 0.15) is 24.2 Å². The number of carbonyl (C=O) groups excluding carboxylic acids is 1. The third-order valence-corrected chi connectivity index (χ3v) is 2.15. The summed E-state index contributed by atoms with van der Waals surface area (Å²) < 4.78 is 0. The number of rotatable bonds is 3. The summed E-state index contributed by atoms with van der Waals surface area (Å²) in [4.78, 5) is 21.8. The molecule has 5 nitrogen and oxygen atoms in total. The van der Waals surface area contributed by atoms with E-state index in [1.165, 1.54) is 18.2 Å². The maximum absolute atomic E-state index is 11.7. The van der Waals surface area contributed by atoms with Gasteiger partial charge in [0.2, 0.25) is 0 Å². The Balaban J connectivity index is 3.20. The second-order valence-corrected chi connectivity index (χ2v) is 3.93. The minimum Gasteiger partial charge on any atom is -0.350 e. The quantitative estimate of drug-likeness (QED) is 0.653. The van der Waals surface area contributed by atoms with E-state index in [1.54, 1.807) is 13.8 Å². The Morgan fingerprint density at radius 1 is 1.50 bits per heavy atom. The summed E-state index contributed by atoms with van der Waals surface area (Å²) in [6.07, 6.45) is 0. The van der Waals surface area contributed by atoms with E-state index < -0.39 is 10.8 Å². The Labute approximate surface area is 97.6 Å². The van der Waals surface area contributed by atoms with E-state index in [2.05, 4.69) is 5.32 Å². The molecule has 0 aliphatic heterocycles. The number of hydrogen-bond donors (Lipinski definition) is 1. The lowest BCUT2D eigenvalue weighted by Gasteiger charge is -2.09. The maximum Gasteiger partial charge on any atom is 0.283 e. The summed E-state index contributed by atoms with van der Waals surface area (Å²) >= 11 is 5.79. The highest BCUT2D eigenvalue weighted by atomic mass is 35.5. The van der Waals surface area contributed by atoms with Gasteiger partial charge in [0.25, 0.3) is 11.6 Å². The van der Waals surface area contributed by atoms with Crippen LogP contribution in [0.25, 0.3) is 0 Å². The molecule has 0 unspecified atom stereocenters. The number of benzene rings is 1. The zero-order valence-electron chi connectivity index (χ0n) is 8.86. The normalized spacial score (nSPS) is 10.2. The lowest BCUT2D eigenvalue weighted by Crippen LogP contribution is -2.30. The van der Waals surface area contributed by atoms with Crippen molar-refractivity contribution >= 4 is 23.2 Å². The van der Waals surface area contributed by atoms with Gasteiger partial charge in [-0.05, 0) is 19.9 Å². The van der Waals surface area contributed by atoms with Gasteiger partial charge in [0.05, 0.1) is 9.95 Å². The number of nitro benzene ring substituents is 1. The molecule has 0 saturated heterocycles. The molecular weight excluding hydrogens is 232 g/mol. The van der Waals surface area contributed by atoms with Crippen LogP contribution in [-0.4, -0.2) is 16.9 Å². The molecule has 0 aliphatic carbocycles. The standard InChI is InChI=1S/C10H11ClN2O3/c1-6(2)12-10(14)9-7(11)4-3-5-8(9)13(15)16/h3-6H,1-2H3,(H,12,14). The van der Waals surface area contributed by atoms with E-state index in [0.29, 0.717) is 0 Å². The molecule has 1 amide bonds. The summed E-state index contributed by atoms with van der Waals surface area (Å²) in [5, 5.41) is 13.4. The first-order valence-electron chi connectivity index (χ1n) is 4.67. The van der Waals surface area contributed by atoms with Crippen LogP contribution in [0, 0.1) is 10.1 Å². The highest BCUT2D eigenvalue weighted by Gasteiger charge is 2.23. The van der Waals surface area contributed by atoms with Crippen molar-refractivity contribution in [3.8, 4) is 0 Å². The number of hydrogen-bond acceptors (Lipinski definition) is 3. The Morgan fingerprint density at radius 2 is 2.12 bits per heavy atom. The van der Waals surface area contributed by atoms with Crippen LogP contribution in [-0.2, 0) is 0 Å². The smallest absolute Gasteiger partial charge is 0.283 e. The van der Waals surface area contributed by atoms with Crippen molar-refractivity contribution in [3.05, 3.63) is 38.9 Å². The van der Waals surface area contributed by atoms with E-state index in [9.17, 15) is 14.9 Å². The molecule has 0 heterocycles. The molecule has 16 heavy (non-hydrogen) atoms. The third-order valence-electron chi connectivity index (χ3n) is 1.84. The van der Waals surface area contributed by atoms with Gasteiger partial charge in [0, 0.05) is 12.1 Å². The van der Waals surface area contributed by atoms with Crippen LogP contribution in [0.5, 0.6) is 0 Å². The first kappa shape index (κ1) is 12.4. The largest absolute Gasteiger partial charge is 0.350 e. The Bertz CT molecular complexity index is 432. The van der Waals surface area contributed by atoms with Crippen LogP contribution in [0.3, 0.4) is 0 Å². The lowest BCUT2D eigenvalue weighted by atomic mass is 10.1. The van der Waals surface area contributed by atoms with E-state index in [1.807, 2.05) is 0 Å². The highest BCUT2D eigenvalue weighted by molar-refractivity contribution is 6.34. The summed E-state index contributed by atoms with van der Waals surface area (Å²) in [7, 11) is 0. The molecule has 0 aliphatic rings. The number of carbonyl (C=O) groups is 1. The Morgan fingerprint density at radius 3 is 2.62 bits per heavy atom. The van der Waals surface area contributed by atoms with Gasteiger partial charge in [-0.25, -0.2) is 0 Å². The topological polar surface area (TPSA) is 72.2 Å². The van der Waals surface area contributed by atoms with Gasteiger partial charge in [-0.2, -0.15) is 0 Å². The minimum atomic E-state index is -0.624. The maximum atomic E-state index is 11.7. The predicted molar refractivity (Wildman–Crippen MR) is 60.7 cm³/mol. The number of nitrogens with zero attached hydrogens (tertiary/aromatic N) is 1. The Kier molecular flexibility index (Phi) is 3.84. The fourth-order valence-corrected chi connectivity index (χ4v) is 1.48. The Hall–Kier alpha value is -1.62. The summed E-state index contributed by atoms with van der Waals surface area (Å²) in [5.74, 6) is -0.535. The summed E-state index contributed by atoms with van der Waals surface area (Å²) in [6.45, 7) is 3.53. The number of nitro groups is 1. The van der Waals surface area contributed by atoms with E-state index in [0.717, 1.165) is 0 Å². The van der Waals surface area contributed by atoms with E-state index in [4.69, 9.17) is 11.6 Å². The van der Waals surface area contributed by atoms with Crippen LogP contribution in [0.2, 0.25) is 5.02 Å². The van der Waals surface area contributed by atoms with Gasteiger partial charge >= 0.3 is 0 Å². The van der Waals surface area contributed by atoms with Crippen molar-refractivity contribution in [2.45, 2.75) is 19.9 Å². The molecule has 0 radical (unpaired) electrons. The second-order valence-electron chi connectivity index (χ2n) is 3.52. The molecule has 86 valence electrons. The van der Waals surface area contributed by atoms with Crippen LogP contribution < -0.4 is 5.32 Å². The molecule has 6 heteroatoms. The van der Waals surface area contributed by atoms with Crippen molar-refractivity contribution in [2.75, 3.05) is 0 Å². The second kappa shape index (κ2) is 4.94. The SMILES string of the molecule is CC(C)NC(=O)c1c(Cl)cccc1[N+](=O)[O-]. The van der Waals surface area contributed by atoms with Gasteiger partial charge < -0.3 is 5.32 Å². The fourth-order valence-electron chi connectivity index (χ4n) is 1.22. The first-order chi connectivity index (χ1) is 7.43. The van der Waals surface area contributed by atoms with Crippen molar-refractivity contribution in [1.82, 2.24) is 5.32 Å². The summed E-state index contributed by atoms with van der Waals surface area (Å²) in [6, 6.07) is 4.03. The monoisotopic (exact) mass is 242 g/mol. The van der Waals surface area contributed by atoms with Gasteiger partial charge in [-0.3, -0.25) is 14.9 Å². The molecule has 0 bridgehead atoms. The fraction of sp³-hybridized carbons (Fsp3) is 0.300. The average molecular weight is 243 g/mol. The molecule has 0 spiro atoms. The lowest BCUT2D eigenvalue weighted by molar-refractivity contribution is -0.385. The number of amides is 1. The predicted octanol–water partition coefficient (Wildman–Crippen LogP) is 2.39. The number of nitrogens with one attached hydrogen (secondary N) is 1. The molecule has 0 aromatic heterocycles. The first-order valence-corrected chi connectivity index (χ1v) is 5.05. The molecule has 0 atom stereocenters. The van der Waals surface area contributed by atoms with Crippen molar-refractivity contribution < 1.29 is 9.72 Å². The molecule has 0 fully saturated rings. The molecule has 1 aromatic rings. The van der Waals surface area contributed by atoms with E-state index >= 15 is 0 Å². The summed E-state index contributed by atoms with van der Waals surface area (Å²) in [5.41, 5.74) is -0.381. The van der Waals surface area contributed by atoms with Crippen LogP contribution in [0.4, 0.5) is 5.69 Å². The molecule has 1 rings (SSSR count). The highest BCUT2D eigenvalue weighted by Crippen LogP contribution is 2.25. The molecule has 1 aromatic carbocycles. The van der Waals surface area contributed by atoms with Gasteiger partial charge in [-0.15, -0.1) is 0 Å². The third kappa shape index (κ3) is 2.70. The zero-order chi connectivity index (χ0) is 12.3. The van der Waals surface area contributed by atoms with E-state index in [-0.39, 0.29) is 22.3 Å². The molecular formula is C10H11ClN2O3. The minimum absolute atomic E-state index is 0.0763. The van der Waals surface area contributed by atoms with Gasteiger partial charge in [0.15, 0.2) is 0 Å². The number of halogens is 1. The van der Waals surface area contributed by atoms with Crippen molar-refractivity contribution in [2.24, 2.45) is 0 Å².